The summed E-state index contributed by atoms with van der Waals surface area (Å²) in [5.74, 6) is 1.27. The molecule has 1 rings (SSSR count). The van der Waals surface area contributed by atoms with E-state index in [1.165, 1.54) is 17.7 Å². The predicted molar refractivity (Wildman–Crippen MR) is 84.4 cm³/mol. The lowest BCUT2D eigenvalue weighted by molar-refractivity contribution is 1.03. The normalized spacial score (nSPS) is 12.2. The second-order valence-corrected chi connectivity index (χ2v) is 14.7. The average Bonchev–Trinajstić information content (AvgIpc) is 2.24. The SMILES string of the molecule is Cc1ccc(N=CCCCS[Si](C)(C)C)cc1. The second kappa shape index (κ2) is 7.02. The Morgan fingerprint density at radius 2 is 1.82 bits per heavy atom. The molecule has 0 atom stereocenters. The molecule has 0 aromatic heterocycles. The van der Waals surface area contributed by atoms with Crippen molar-refractivity contribution in [1.29, 1.82) is 0 Å². The zero-order chi connectivity index (χ0) is 12.7. The third-order valence-corrected chi connectivity index (χ3v) is 6.86. The zero-order valence-corrected chi connectivity index (χ0v) is 13.2. The summed E-state index contributed by atoms with van der Waals surface area (Å²) in [6, 6.07) is 8.35. The molecule has 1 nitrogen and oxygen atoms in total. The summed E-state index contributed by atoms with van der Waals surface area (Å²) in [4.78, 5) is 4.46. The Labute approximate surface area is 110 Å². The van der Waals surface area contributed by atoms with Crippen molar-refractivity contribution in [1.82, 2.24) is 0 Å². The standard InChI is InChI=1S/C14H23NSSi/c1-13-7-9-14(10-8-13)15-11-5-6-12-16-17(2,3)4/h7-11H,5-6,12H2,1-4H3. The van der Waals surface area contributed by atoms with Crippen LogP contribution in [0, 0.1) is 6.92 Å². The zero-order valence-electron chi connectivity index (χ0n) is 11.4. The lowest BCUT2D eigenvalue weighted by Crippen LogP contribution is -2.14. The van der Waals surface area contributed by atoms with Crippen LogP contribution in [0.25, 0.3) is 0 Å². The maximum absolute atomic E-state index is 4.46. The number of aryl methyl sites for hydroxylation is 1. The van der Waals surface area contributed by atoms with Gasteiger partial charge in [0, 0.05) is 6.21 Å². The highest BCUT2D eigenvalue weighted by molar-refractivity contribution is 8.28. The van der Waals surface area contributed by atoms with E-state index in [0.29, 0.717) is 0 Å². The van der Waals surface area contributed by atoms with Crippen LogP contribution in [-0.4, -0.2) is 19.2 Å². The van der Waals surface area contributed by atoms with Crippen LogP contribution in [0.5, 0.6) is 0 Å². The number of aliphatic imine (C=N–C) groups is 1. The summed E-state index contributed by atoms with van der Waals surface area (Å²) >= 11 is 2.16. The van der Waals surface area contributed by atoms with Gasteiger partial charge in [-0.1, -0.05) is 37.3 Å². The van der Waals surface area contributed by atoms with Gasteiger partial charge in [-0.05, 0) is 37.7 Å². The molecule has 0 saturated carbocycles. The van der Waals surface area contributed by atoms with Crippen molar-refractivity contribution < 1.29 is 0 Å². The Balaban J connectivity index is 2.20. The molecule has 0 saturated heterocycles. The molecule has 0 amide bonds. The maximum atomic E-state index is 4.46. The summed E-state index contributed by atoms with van der Waals surface area (Å²) in [5.41, 5.74) is 2.35. The van der Waals surface area contributed by atoms with Crippen LogP contribution in [0.3, 0.4) is 0 Å². The van der Waals surface area contributed by atoms with Gasteiger partial charge in [-0.3, -0.25) is 4.99 Å². The number of benzene rings is 1. The Morgan fingerprint density at radius 1 is 1.18 bits per heavy atom. The number of rotatable bonds is 6. The van der Waals surface area contributed by atoms with Crippen LogP contribution < -0.4 is 0 Å². The van der Waals surface area contributed by atoms with Gasteiger partial charge >= 0.3 is 0 Å². The van der Waals surface area contributed by atoms with Crippen molar-refractivity contribution >= 4 is 30.3 Å². The number of hydrogen-bond acceptors (Lipinski definition) is 2. The summed E-state index contributed by atoms with van der Waals surface area (Å²) < 4.78 is 0. The highest BCUT2D eigenvalue weighted by Gasteiger charge is 2.11. The highest BCUT2D eigenvalue weighted by atomic mass is 32.4. The van der Waals surface area contributed by atoms with Crippen molar-refractivity contribution in [2.24, 2.45) is 4.99 Å². The van der Waals surface area contributed by atoms with Crippen molar-refractivity contribution in [2.75, 3.05) is 5.75 Å². The van der Waals surface area contributed by atoms with Gasteiger partial charge in [0.1, 0.15) is 7.22 Å². The molecule has 0 N–H and O–H groups in total. The van der Waals surface area contributed by atoms with E-state index in [1.54, 1.807) is 0 Å². The number of nitrogens with zero attached hydrogens (tertiary/aromatic N) is 1. The van der Waals surface area contributed by atoms with Crippen LogP contribution in [0.15, 0.2) is 29.3 Å². The first-order valence-electron chi connectivity index (χ1n) is 6.20. The summed E-state index contributed by atoms with van der Waals surface area (Å²) in [6.07, 6.45) is 4.38. The van der Waals surface area contributed by atoms with Crippen LogP contribution in [0.2, 0.25) is 19.6 Å². The third kappa shape index (κ3) is 7.39. The van der Waals surface area contributed by atoms with Gasteiger partial charge in [-0.15, -0.1) is 0 Å². The van der Waals surface area contributed by atoms with Gasteiger partial charge in [-0.2, -0.15) is 11.2 Å². The van der Waals surface area contributed by atoms with E-state index in [1.807, 2.05) is 0 Å². The van der Waals surface area contributed by atoms with E-state index in [-0.39, 0.29) is 0 Å². The van der Waals surface area contributed by atoms with E-state index in [9.17, 15) is 0 Å². The molecule has 3 heteroatoms. The molecular weight excluding hydrogens is 242 g/mol. The van der Waals surface area contributed by atoms with Crippen LogP contribution in [-0.2, 0) is 0 Å². The lowest BCUT2D eigenvalue weighted by Gasteiger charge is -2.13. The molecule has 0 aliphatic heterocycles. The minimum absolute atomic E-state index is 0.915. The van der Waals surface area contributed by atoms with Crippen molar-refractivity contribution in [2.45, 2.75) is 39.4 Å². The summed E-state index contributed by atoms with van der Waals surface area (Å²) in [5, 5.41) is 0. The van der Waals surface area contributed by atoms with Crippen LogP contribution in [0.1, 0.15) is 18.4 Å². The van der Waals surface area contributed by atoms with Crippen LogP contribution >= 0.6 is 11.2 Å². The van der Waals surface area contributed by atoms with E-state index >= 15 is 0 Å². The maximum Gasteiger partial charge on any atom is 0.108 e. The molecule has 0 heterocycles. The molecule has 94 valence electrons. The number of hydrogen-bond donors (Lipinski definition) is 0. The quantitative estimate of drug-likeness (QED) is 0.398. The minimum atomic E-state index is -0.915. The Morgan fingerprint density at radius 3 is 2.41 bits per heavy atom. The van der Waals surface area contributed by atoms with Crippen molar-refractivity contribution in [3.05, 3.63) is 29.8 Å². The topological polar surface area (TPSA) is 12.4 Å². The van der Waals surface area contributed by atoms with Gasteiger partial charge < -0.3 is 0 Å². The predicted octanol–water partition coefficient (Wildman–Crippen LogP) is 5.05. The van der Waals surface area contributed by atoms with E-state index in [2.05, 4.69) is 73.2 Å². The molecule has 0 aliphatic rings. The molecule has 0 unspecified atom stereocenters. The Bertz CT molecular complexity index is 351. The van der Waals surface area contributed by atoms with E-state index in [4.69, 9.17) is 0 Å². The average molecular weight is 265 g/mol. The molecule has 0 radical (unpaired) electrons. The van der Waals surface area contributed by atoms with Crippen LogP contribution in [0.4, 0.5) is 5.69 Å². The first-order valence-corrected chi connectivity index (χ1v) is 11.4. The van der Waals surface area contributed by atoms with Crippen molar-refractivity contribution in [3.8, 4) is 0 Å². The molecule has 1 aromatic rings. The fraction of sp³-hybridized carbons (Fsp3) is 0.500. The lowest BCUT2D eigenvalue weighted by atomic mass is 10.2. The van der Waals surface area contributed by atoms with E-state index in [0.717, 1.165) is 12.1 Å². The van der Waals surface area contributed by atoms with Gasteiger partial charge in [-0.25, -0.2) is 0 Å². The molecule has 0 aliphatic carbocycles. The molecular formula is C14H23NSSi. The summed E-state index contributed by atoms with van der Waals surface area (Å²) in [6.45, 7) is 9.30. The molecule has 0 fully saturated rings. The molecule has 0 bridgehead atoms. The fourth-order valence-electron chi connectivity index (χ4n) is 1.35. The minimum Gasteiger partial charge on any atom is -0.261 e. The first-order chi connectivity index (χ1) is 7.97. The van der Waals surface area contributed by atoms with Gasteiger partial charge in [0.05, 0.1) is 5.69 Å². The largest absolute Gasteiger partial charge is 0.261 e. The van der Waals surface area contributed by atoms with Gasteiger partial charge in [0.2, 0.25) is 0 Å². The Kier molecular flexibility index (Phi) is 5.99. The van der Waals surface area contributed by atoms with E-state index < -0.39 is 7.22 Å². The molecule has 1 aromatic carbocycles. The monoisotopic (exact) mass is 265 g/mol. The number of unbranched alkanes of at least 4 members (excludes halogenated alkanes) is 1. The Hall–Kier alpha value is -0.543. The van der Waals surface area contributed by atoms with Gasteiger partial charge in [0.25, 0.3) is 0 Å². The summed E-state index contributed by atoms with van der Waals surface area (Å²) in [7, 11) is -0.915. The smallest absolute Gasteiger partial charge is 0.108 e. The fourth-order valence-corrected chi connectivity index (χ4v) is 4.55. The van der Waals surface area contributed by atoms with Gasteiger partial charge in [0.15, 0.2) is 0 Å². The molecule has 17 heavy (non-hydrogen) atoms. The highest BCUT2D eigenvalue weighted by Crippen LogP contribution is 2.20. The molecule has 0 spiro atoms. The third-order valence-electron chi connectivity index (χ3n) is 2.29. The first kappa shape index (κ1) is 14.5. The van der Waals surface area contributed by atoms with Crippen molar-refractivity contribution in [3.63, 3.8) is 0 Å². The second-order valence-electron chi connectivity index (χ2n) is 5.25.